The van der Waals surface area contributed by atoms with Crippen molar-refractivity contribution < 1.29 is 23.9 Å². The van der Waals surface area contributed by atoms with E-state index in [1.165, 1.54) is 32.0 Å². The number of hydrogen-bond donors (Lipinski definition) is 0. The summed E-state index contributed by atoms with van der Waals surface area (Å²) in [4.78, 5) is 33.6. The summed E-state index contributed by atoms with van der Waals surface area (Å²) >= 11 is 0. The first-order valence-corrected chi connectivity index (χ1v) is 5.03. The molecule has 0 aromatic heterocycles. The molecule has 1 aromatic rings. The van der Waals surface area contributed by atoms with E-state index in [-0.39, 0.29) is 23.1 Å². The molecule has 1 aliphatic heterocycles. The normalized spacial score (nSPS) is 17.3. The van der Waals surface area contributed by atoms with Gasteiger partial charge in [0.05, 0.1) is 5.56 Å². The molecule has 0 saturated carbocycles. The van der Waals surface area contributed by atoms with Gasteiger partial charge in [-0.3, -0.25) is 14.4 Å². The summed E-state index contributed by atoms with van der Waals surface area (Å²) in [6, 6.07) is 4.40. The average Bonchev–Trinajstić information content (AvgIpc) is 2.55. The third-order valence-corrected chi connectivity index (χ3v) is 2.33. The summed E-state index contributed by atoms with van der Waals surface area (Å²) in [7, 11) is 0. The SMILES string of the molecule is CC(=O)Oc1ccc2c(c1)OC(C(C)=O)C2=O. The van der Waals surface area contributed by atoms with Gasteiger partial charge in [-0.15, -0.1) is 0 Å². The third-order valence-electron chi connectivity index (χ3n) is 2.33. The zero-order valence-corrected chi connectivity index (χ0v) is 9.35. The molecular weight excluding hydrogens is 224 g/mol. The number of esters is 1. The van der Waals surface area contributed by atoms with Gasteiger partial charge in [0.25, 0.3) is 0 Å². The van der Waals surface area contributed by atoms with Crippen molar-refractivity contribution in [3.8, 4) is 11.5 Å². The monoisotopic (exact) mass is 234 g/mol. The van der Waals surface area contributed by atoms with Crippen molar-refractivity contribution in [2.24, 2.45) is 0 Å². The molecule has 88 valence electrons. The van der Waals surface area contributed by atoms with Crippen LogP contribution in [0, 0.1) is 0 Å². The molecule has 17 heavy (non-hydrogen) atoms. The Labute approximate surface area is 97.3 Å². The summed E-state index contributed by atoms with van der Waals surface area (Å²) in [5.41, 5.74) is 0.334. The molecule has 2 rings (SSSR count). The van der Waals surface area contributed by atoms with Gasteiger partial charge in [-0.25, -0.2) is 0 Å². The Hall–Kier alpha value is -2.17. The molecule has 0 spiro atoms. The van der Waals surface area contributed by atoms with Gasteiger partial charge < -0.3 is 9.47 Å². The van der Waals surface area contributed by atoms with E-state index in [1.807, 2.05) is 0 Å². The molecule has 1 aromatic carbocycles. The van der Waals surface area contributed by atoms with Crippen LogP contribution in [0.25, 0.3) is 0 Å². The van der Waals surface area contributed by atoms with Crippen molar-refractivity contribution in [3.05, 3.63) is 23.8 Å². The number of carbonyl (C=O) groups is 3. The highest BCUT2D eigenvalue weighted by atomic mass is 16.5. The van der Waals surface area contributed by atoms with Crippen LogP contribution in [0.1, 0.15) is 24.2 Å². The van der Waals surface area contributed by atoms with E-state index >= 15 is 0 Å². The molecule has 1 atom stereocenters. The van der Waals surface area contributed by atoms with Gasteiger partial charge in [0.15, 0.2) is 5.78 Å². The van der Waals surface area contributed by atoms with E-state index in [9.17, 15) is 14.4 Å². The molecule has 5 nitrogen and oxygen atoms in total. The van der Waals surface area contributed by atoms with Crippen LogP contribution in [-0.4, -0.2) is 23.6 Å². The van der Waals surface area contributed by atoms with Gasteiger partial charge in [-0.05, 0) is 19.1 Å². The Bertz CT molecular complexity index is 518. The largest absolute Gasteiger partial charge is 0.473 e. The van der Waals surface area contributed by atoms with Gasteiger partial charge in [0, 0.05) is 13.0 Å². The smallest absolute Gasteiger partial charge is 0.308 e. The van der Waals surface area contributed by atoms with Crippen LogP contribution in [0.5, 0.6) is 11.5 Å². The van der Waals surface area contributed by atoms with E-state index in [4.69, 9.17) is 9.47 Å². The number of rotatable bonds is 2. The molecule has 0 radical (unpaired) electrons. The van der Waals surface area contributed by atoms with Crippen LogP contribution in [0.2, 0.25) is 0 Å². The van der Waals surface area contributed by atoms with Crippen LogP contribution in [0.3, 0.4) is 0 Å². The van der Waals surface area contributed by atoms with E-state index in [0.29, 0.717) is 5.56 Å². The lowest BCUT2D eigenvalue weighted by atomic mass is 10.1. The standard InChI is InChI=1S/C12H10O5/c1-6(13)12-11(15)9-4-3-8(16-7(2)14)5-10(9)17-12/h3-5,12H,1-2H3. The van der Waals surface area contributed by atoms with Crippen LogP contribution in [0.4, 0.5) is 0 Å². The number of carbonyl (C=O) groups excluding carboxylic acids is 3. The quantitative estimate of drug-likeness (QED) is 0.436. The molecule has 0 amide bonds. The zero-order valence-electron chi connectivity index (χ0n) is 9.35. The maximum atomic E-state index is 11.7. The summed E-state index contributed by atoms with van der Waals surface area (Å²) in [5, 5.41) is 0. The van der Waals surface area contributed by atoms with Crippen LogP contribution >= 0.6 is 0 Å². The maximum absolute atomic E-state index is 11.7. The zero-order chi connectivity index (χ0) is 12.6. The fraction of sp³-hybridized carbons (Fsp3) is 0.250. The second kappa shape index (κ2) is 4.01. The fourth-order valence-corrected chi connectivity index (χ4v) is 1.62. The number of ketones is 2. The minimum Gasteiger partial charge on any atom is -0.473 e. The Balaban J connectivity index is 2.32. The van der Waals surface area contributed by atoms with Crippen molar-refractivity contribution in [1.29, 1.82) is 0 Å². The summed E-state index contributed by atoms with van der Waals surface area (Å²) in [5.74, 6) is -0.610. The van der Waals surface area contributed by atoms with E-state index in [2.05, 4.69) is 0 Å². The fourth-order valence-electron chi connectivity index (χ4n) is 1.62. The lowest BCUT2D eigenvalue weighted by molar-refractivity contribution is -0.132. The topological polar surface area (TPSA) is 69.7 Å². The predicted octanol–water partition coefficient (Wildman–Crippen LogP) is 1.14. The number of Topliss-reactive ketones (excluding diaryl/α,β-unsaturated/α-hetero) is 2. The lowest BCUT2D eigenvalue weighted by Gasteiger charge is -2.04. The molecule has 0 saturated heterocycles. The molecule has 0 N–H and O–H groups in total. The van der Waals surface area contributed by atoms with Crippen molar-refractivity contribution in [3.63, 3.8) is 0 Å². The number of ether oxygens (including phenoxy) is 2. The number of benzene rings is 1. The summed E-state index contributed by atoms with van der Waals surface area (Å²) in [6.45, 7) is 2.57. The molecule has 0 aliphatic carbocycles. The van der Waals surface area contributed by atoms with Gasteiger partial charge in [0.2, 0.25) is 11.9 Å². The molecular formula is C12H10O5. The first kappa shape index (κ1) is 11.3. The second-order valence-corrected chi connectivity index (χ2v) is 3.72. The average molecular weight is 234 g/mol. The summed E-state index contributed by atoms with van der Waals surface area (Å²) < 4.78 is 10.1. The maximum Gasteiger partial charge on any atom is 0.308 e. The minimum absolute atomic E-state index is 0.272. The second-order valence-electron chi connectivity index (χ2n) is 3.72. The number of fused-ring (bicyclic) bond motifs is 1. The Morgan fingerprint density at radius 1 is 1.29 bits per heavy atom. The molecule has 1 aliphatic rings. The van der Waals surface area contributed by atoms with E-state index < -0.39 is 12.1 Å². The Kier molecular flexibility index (Phi) is 2.67. The first-order valence-electron chi connectivity index (χ1n) is 5.03. The number of hydrogen-bond acceptors (Lipinski definition) is 5. The predicted molar refractivity (Wildman–Crippen MR) is 57.2 cm³/mol. The van der Waals surface area contributed by atoms with Crippen LogP contribution < -0.4 is 9.47 Å². The van der Waals surface area contributed by atoms with E-state index in [0.717, 1.165) is 0 Å². The van der Waals surface area contributed by atoms with Crippen molar-refractivity contribution in [1.82, 2.24) is 0 Å². The molecule has 1 unspecified atom stereocenters. The highest BCUT2D eigenvalue weighted by Crippen LogP contribution is 2.32. The Morgan fingerprint density at radius 3 is 2.59 bits per heavy atom. The summed E-state index contributed by atoms with van der Waals surface area (Å²) in [6.07, 6.45) is -1.07. The Morgan fingerprint density at radius 2 is 2.00 bits per heavy atom. The highest BCUT2D eigenvalue weighted by Gasteiger charge is 2.35. The van der Waals surface area contributed by atoms with Crippen molar-refractivity contribution in [2.45, 2.75) is 20.0 Å². The van der Waals surface area contributed by atoms with E-state index in [1.54, 1.807) is 0 Å². The van der Waals surface area contributed by atoms with Crippen LogP contribution in [0.15, 0.2) is 18.2 Å². The third kappa shape index (κ3) is 2.04. The minimum atomic E-state index is -1.07. The highest BCUT2D eigenvalue weighted by molar-refractivity contribution is 6.16. The molecule has 1 heterocycles. The van der Waals surface area contributed by atoms with Gasteiger partial charge in [0.1, 0.15) is 11.5 Å². The van der Waals surface area contributed by atoms with Crippen molar-refractivity contribution >= 4 is 17.5 Å². The van der Waals surface area contributed by atoms with Gasteiger partial charge in [-0.1, -0.05) is 0 Å². The molecule has 0 bridgehead atoms. The van der Waals surface area contributed by atoms with Gasteiger partial charge in [-0.2, -0.15) is 0 Å². The van der Waals surface area contributed by atoms with Crippen LogP contribution in [-0.2, 0) is 9.59 Å². The lowest BCUT2D eigenvalue weighted by Crippen LogP contribution is -2.28. The van der Waals surface area contributed by atoms with Crippen molar-refractivity contribution in [2.75, 3.05) is 0 Å². The molecule has 0 fully saturated rings. The first-order chi connectivity index (χ1) is 7.99. The molecule has 5 heteroatoms. The van der Waals surface area contributed by atoms with Gasteiger partial charge >= 0.3 is 5.97 Å².